The number of esters is 1. The van der Waals surface area contributed by atoms with E-state index in [0.717, 1.165) is 0 Å². The molecule has 2 rings (SSSR count). The highest BCUT2D eigenvalue weighted by molar-refractivity contribution is 7.80. The molecule has 1 atom stereocenters. The van der Waals surface area contributed by atoms with Crippen LogP contribution in [-0.2, 0) is 4.74 Å². The number of para-hydroxylation sites is 2. The Hall–Kier alpha value is -2.80. The maximum atomic E-state index is 11.8. The predicted octanol–water partition coefficient (Wildman–Crippen LogP) is 3.63. The first-order valence-corrected chi connectivity index (χ1v) is 9.04. The maximum Gasteiger partial charge on any atom is 0.338 e. The van der Waals surface area contributed by atoms with Crippen LogP contribution in [0.3, 0.4) is 0 Å². The number of benzene rings is 2. The lowest BCUT2D eigenvalue weighted by Crippen LogP contribution is -2.39. The molecular weight excluding hydrogens is 364 g/mol. The zero-order valence-corrected chi connectivity index (χ0v) is 16.5. The third kappa shape index (κ3) is 6.45. The number of nitrogens with one attached hydrogen (secondary N) is 2. The standard InChI is InChI=1S/C20H24N2O4S/c1-4-25-19(23)15-8-7-9-16(12-15)22-20(27)21-14(2)13-26-18-11-6-5-10-17(18)24-3/h5-12,14H,4,13H2,1-3H3,(H2,21,22,27). The number of carbonyl (C=O) groups is 1. The summed E-state index contributed by atoms with van der Waals surface area (Å²) < 4.78 is 16.0. The third-order valence-electron chi connectivity index (χ3n) is 3.57. The van der Waals surface area contributed by atoms with Gasteiger partial charge in [0.25, 0.3) is 0 Å². The van der Waals surface area contributed by atoms with Gasteiger partial charge < -0.3 is 24.8 Å². The molecule has 1 unspecified atom stereocenters. The van der Waals surface area contributed by atoms with Crippen molar-refractivity contribution in [3.63, 3.8) is 0 Å². The molecule has 0 aromatic heterocycles. The lowest BCUT2D eigenvalue weighted by atomic mass is 10.2. The van der Waals surface area contributed by atoms with E-state index in [9.17, 15) is 4.79 Å². The monoisotopic (exact) mass is 388 g/mol. The van der Waals surface area contributed by atoms with Crippen LogP contribution in [0.4, 0.5) is 5.69 Å². The summed E-state index contributed by atoms with van der Waals surface area (Å²) >= 11 is 5.33. The van der Waals surface area contributed by atoms with Gasteiger partial charge in [0.2, 0.25) is 0 Å². The van der Waals surface area contributed by atoms with Crippen molar-refractivity contribution in [2.24, 2.45) is 0 Å². The smallest absolute Gasteiger partial charge is 0.338 e. The summed E-state index contributed by atoms with van der Waals surface area (Å²) in [7, 11) is 1.60. The highest BCUT2D eigenvalue weighted by Crippen LogP contribution is 2.25. The molecule has 0 radical (unpaired) electrons. The summed E-state index contributed by atoms with van der Waals surface area (Å²) in [5, 5.41) is 6.65. The summed E-state index contributed by atoms with van der Waals surface area (Å²) in [5.41, 5.74) is 1.17. The van der Waals surface area contributed by atoms with Gasteiger partial charge in [-0.1, -0.05) is 18.2 Å². The van der Waals surface area contributed by atoms with Gasteiger partial charge >= 0.3 is 5.97 Å². The number of thiocarbonyl (C=S) groups is 1. The topological polar surface area (TPSA) is 68.8 Å². The first-order valence-electron chi connectivity index (χ1n) is 8.64. The van der Waals surface area contributed by atoms with Gasteiger partial charge in [0.15, 0.2) is 16.6 Å². The second-order valence-corrected chi connectivity index (χ2v) is 6.17. The van der Waals surface area contributed by atoms with Crippen LogP contribution in [-0.4, -0.2) is 37.4 Å². The summed E-state index contributed by atoms with van der Waals surface area (Å²) in [6, 6.07) is 14.4. The van der Waals surface area contributed by atoms with E-state index in [4.69, 9.17) is 26.4 Å². The van der Waals surface area contributed by atoms with E-state index in [2.05, 4.69) is 10.6 Å². The zero-order valence-electron chi connectivity index (χ0n) is 15.7. The second kappa shape index (κ2) is 10.4. The lowest BCUT2D eigenvalue weighted by Gasteiger charge is -2.18. The number of hydrogen-bond donors (Lipinski definition) is 2. The van der Waals surface area contributed by atoms with Gasteiger partial charge in [-0.15, -0.1) is 0 Å². The minimum absolute atomic E-state index is 0.0387. The van der Waals surface area contributed by atoms with Gasteiger partial charge in [0.05, 0.1) is 25.3 Å². The molecule has 0 aliphatic heterocycles. The summed E-state index contributed by atoms with van der Waals surface area (Å²) in [5.74, 6) is 0.995. The molecule has 0 heterocycles. The first kappa shape index (κ1) is 20.5. The van der Waals surface area contributed by atoms with E-state index in [1.54, 1.807) is 32.2 Å². The molecule has 0 fully saturated rings. The Balaban J connectivity index is 1.86. The number of carbonyl (C=O) groups excluding carboxylic acids is 1. The van der Waals surface area contributed by atoms with Gasteiger partial charge in [-0.25, -0.2) is 4.79 Å². The molecular formula is C20H24N2O4S. The van der Waals surface area contributed by atoms with Gasteiger partial charge in [-0.05, 0) is 56.4 Å². The number of methoxy groups -OCH3 is 1. The number of rotatable bonds is 8. The van der Waals surface area contributed by atoms with Crippen molar-refractivity contribution in [2.45, 2.75) is 19.9 Å². The number of anilines is 1. The molecule has 0 aliphatic rings. The summed E-state index contributed by atoms with van der Waals surface area (Å²) in [6.07, 6.45) is 0. The Labute approximate surface area is 164 Å². The van der Waals surface area contributed by atoms with E-state index in [1.165, 1.54) is 0 Å². The quantitative estimate of drug-likeness (QED) is 0.529. The minimum atomic E-state index is -0.362. The van der Waals surface area contributed by atoms with Gasteiger partial charge in [-0.3, -0.25) is 0 Å². The van der Waals surface area contributed by atoms with Crippen molar-refractivity contribution in [1.29, 1.82) is 0 Å². The van der Waals surface area contributed by atoms with Crippen LogP contribution in [0.25, 0.3) is 0 Å². The lowest BCUT2D eigenvalue weighted by molar-refractivity contribution is 0.0526. The van der Waals surface area contributed by atoms with Crippen molar-refractivity contribution < 1.29 is 19.0 Å². The fourth-order valence-corrected chi connectivity index (χ4v) is 2.64. The Morgan fingerprint density at radius 3 is 2.59 bits per heavy atom. The van der Waals surface area contributed by atoms with Crippen LogP contribution in [0.15, 0.2) is 48.5 Å². The van der Waals surface area contributed by atoms with E-state index >= 15 is 0 Å². The van der Waals surface area contributed by atoms with E-state index in [-0.39, 0.29) is 12.0 Å². The summed E-state index contributed by atoms with van der Waals surface area (Å²) in [4.78, 5) is 11.8. The van der Waals surface area contributed by atoms with Crippen molar-refractivity contribution >= 4 is 29.0 Å². The Bertz CT molecular complexity index is 782. The molecule has 27 heavy (non-hydrogen) atoms. The third-order valence-corrected chi connectivity index (χ3v) is 3.79. The van der Waals surface area contributed by atoms with Crippen LogP contribution in [0, 0.1) is 0 Å². The molecule has 2 N–H and O–H groups in total. The van der Waals surface area contributed by atoms with Gasteiger partial charge in [0.1, 0.15) is 6.61 Å². The number of ether oxygens (including phenoxy) is 3. The molecule has 7 heteroatoms. The fraction of sp³-hybridized carbons (Fsp3) is 0.300. The van der Waals surface area contributed by atoms with E-state index < -0.39 is 0 Å². The summed E-state index contributed by atoms with van der Waals surface area (Å²) in [6.45, 7) is 4.47. The van der Waals surface area contributed by atoms with Crippen molar-refractivity contribution in [2.75, 3.05) is 25.6 Å². The van der Waals surface area contributed by atoms with E-state index in [1.807, 2.05) is 37.3 Å². The molecule has 0 aliphatic carbocycles. The average molecular weight is 388 g/mol. The molecule has 0 spiro atoms. The Kier molecular flexibility index (Phi) is 7.88. The molecule has 6 nitrogen and oxygen atoms in total. The molecule has 2 aromatic carbocycles. The van der Waals surface area contributed by atoms with Crippen molar-refractivity contribution in [1.82, 2.24) is 5.32 Å². The predicted molar refractivity (Wildman–Crippen MR) is 110 cm³/mol. The van der Waals surface area contributed by atoms with Gasteiger partial charge in [0, 0.05) is 5.69 Å². The molecule has 144 valence electrons. The maximum absolute atomic E-state index is 11.8. The van der Waals surface area contributed by atoms with Crippen LogP contribution >= 0.6 is 12.2 Å². The van der Waals surface area contributed by atoms with E-state index in [0.29, 0.717) is 41.1 Å². The highest BCUT2D eigenvalue weighted by Gasteiger charge is 2.10. The molecule has 0 bridgehead atoms. The fourth-order valence-electron chi connectivity index (χ4n) is 2.32. The zero-order chi connectivity index (χ0) is 19.6. The molecule has 0 saturated carbocycles. The Morgan fingerprint density at radius 2 is 1.89 bits per heavy atom. The highest BCUT2D eigenvalue weighted by atomic mass is 32.1. The Morgan fingerprint density at radius 1 is 1.15 bits per heavy atom. The normalized spacial score (nSPS) is 11.2. The molecule has 0 saturated heterocycles. The second-order valence-electron chi connectivity index (χ2n) is 5.76. The minimum Gasteiger partial charge on any atom is -0.493 e. The van der Waals surface area contributed by atoms with Gasteiger partial charge in [-0.2, -0.15) is 0 Å². The van der Waals surface area contributed by atoms with Crippen molar-refractivity contribution in [3.8, 4) is 11.5 Å². The first-order chi connectivity index (χ1) is 13.0. The molecule has 0 amide bonds. The molecule has 2 aromatic rings. The average Bonchev–Trinajstić information content (AvgIpc) is 2.66. The van der Waals surface area contributed by atoms with Crippen LogP contribution in [0.2, 0.25) is 0 Å². The number of hydrogen-bond acceptors (Lipinski definition) is 5. The van der Waals surface area contributed by atoms with Crippen LogP contribution in [0.5, 0.6) is 11.5 Å². The van der Waals surface area contributed by atoms with Crippen LogP contribution < -0.4 is 20.1 Å². The van der Waals surface area contributed by atoms with Crippen molar-refractivity contribution in [3.05, 3.63) is 54.1 Å². The van der Waals surface area contributed by atoms with Crippen LogP contribution in [0.1, 0.15) is 24.2 Å². The SMILES string of the molecule is CCOC(=O)c1cccc(NC(=S)NC(C)COc2ccccc2OC)c1. The largest absolute Gasteiger partial charge is 0.493 e.